The Labute approximate surface area is 182 Å². The van der Waals surface area contributed by atoms with Crippen LogP contribution in [0.5, 0.6) is 11.5 Å². The number of phenols is 1. The summed E-state index contributed by atoms with van der Waals surface area (Å²) in [5, 5.41) is 10.6. The second-order valence-electron chi connectivity index (χ2n) is 7.91. The van der Waals surface area contributed by atoms with Gasteiger partial charge in [-0.15, -0.1) is 0 Å². The van der Waals surface area contributed by atoms with Crippen molar-refractivity contribution in [3.63, 3.8) is 0 Å². The van der Waals surface area contributed by atoms with Crippen molar-refractivity contribution in [3.05, 3.63) is 70.9 Å². The first-order valence-electron chi connectivity index (χ1n) is 10.7. The summed E-state index contributed by atoms with van der Waals surface area (Å²) in [6.07, 6.45) is 3.43. The number of fused-ring (bicyclic) bond motifs is 3. The van der Waals surface area contributed by atoms with Crippen molar-refractivity contribution >= 4 is 11.8 Å². The number of hydrogen-bond donors (Lipinski definition) is 1. The monoisotopic (exact) mass is 421 g/mol. The van der Waals surface area contributed by atoms with Crippen molar-refractivity contribution in [3.8, 4) is 11.5 Å². The van der Waals surface area contributed by atoms with Gasteiger partial charge < -0.3 is 19.5 Å². The van der Waals surface area contributed by atoms with Gasteiger partial charge in [-0.25, -0.2) is 4.79 Å². The van der Waals surface area contributed by atoms with Crippen LogP contribution in [0.25, 0.3) is 0 Å². The highest BCUT2D eigenvalue weighted by Crippen LogP contribution is 2.44. The average molecular weight is 421 g/mol. The lowest BCUT2D eigenvalue weighted by molar-refractivity contribution is -0.140. The van der Waals surface area contributed by atoms with E-state index >= 15 is 0 Å². The molecule has 0 fully saturated rings. The Morgan fingerprint density at radius 3 is 2.65 bits per heavy atom. The van der Waals surface area contributed by atoms with Gasteiger partial charge in [-0.1, -0.05) is 37.3 Å². The largest absolute Gasteiger partial charge is 0.504 e. The van der Waals surface area contributed by atoms with Gasteiger partial charge in [0.15, 0.2) is 17.3 Å². The molecule has 0 radical (unpaired) electrons. The van der Waals surface area contributed by atoms with Crippen LogP contribution in [0.2, 0.25) is 0 Å². The molecule has 2 unspecified atom stereocenters. The van der Waals surface area contributed by atoms with Gasteiger partial charge in [0, 0.05) is 18.7 Å². The van der Waals surface area contributed by atoms with Crippen LogP contribution in [0.1, 0.15) is 49.4 Å². The summed E-state index contributed by atoms with van der Waals surface area (Å²) in [4.78, 5) is 27.0. The summed E-state index contributed by atoms with van der Waals surface area (Å²) in [6.45, 7) is 4.41. The van der Waals surface area contributed by atoms with E-state index in [1.807, 2.05) is 36.4 Å². The third-order valence-corrected chi connectivity index (χ3v) is 5.98. The Balaban J connectivity index is 1.63. The highest BCUT2D eigenvalue weighted by atomic mass is 16.5. The van der Waals surface area contributed by atoms with Gasteiger partial charge in [0.2, 0.25) is 0 Å². The van der Waals surface area contributed by atoms with Crippen LogP contribution in [0.3, 0.4) is 0 Å². The van der Waals surface area contributed by atoms with Crippen molar-refractivity contribution in [1.82, 2.24) is 4.90 Å². The predicted molar refractivity (Wildman–Crippen MR) is 116 cm³/mol. The van der Waals surface area contributed by atoms with Crippen molar-refractivity contribution in [1.29, 1.82) is 0 Å². The molecule has 0 saturated heterocycles. The van der Waals surface area contributed by atoms with Gasteiger partial charge in [0.25, 0.3) is 0 Å². The molecule has 0 saturated carbocycles. The van der Waals surface area contributed by atoms with E-state index in [1.54, 1.807) is 19.2 Å². The van der Waals surface area contributed by atoms with Crippen molar-refractivity contribution < 1.29 is 24.2 Å². The van der Waals surface area contributed by atoms with Gasteiger partial charge in [0.1, 0.15) is 12.2 Å². The first-order chi connectivity index (χ1) is 15.0. The molecule has 1 N–H and O–H groups in total. The van der Waals surface area contributed by atoms with Crippen LogP contribution < -0.4 is 4.74 Å². The smallest absolute Gasteiger partial charge is 0.343 e. The van der Waals surface area contributed by atoms with E-state index in [4.69, 9.17) is 9.47 Å². The van der Waals surface area contributed by atoms with Crippen molar-refractivity contribution in [2.45, 2.75) is 51.8 Å². The lowest BCUT2D eigenvalue weighted by Gasteiger charge is -2.45. The Morgan fingerprint density at radius 2 is 1.94 bits per heavy atom. The minimum atomic E-state index is -0.570. The third kappa shape index (κ3) is 4.15. The van der Waals surface area contributed by atoms with E-state index in [1.165, 1.54) is 0 Å². The maximum absolute atomic E-state index is 12.7. The number of carbonyl (C=O) groups excluding carboxylic acids is 2. The number of carbonyl (C=O) groups is 2. The molecule has 162 valence electrons. The molecule has 0 aromatic heterocycles. The summed E-state index contributed by atoms with van der Waals surface area (Å²) in [5.74, 6) is -0.307. The van der Waals surface area contributed by atoms with Crippen molar-refractivity contribution in [2.24, 2.45) is 0 Å². The van der Waals surface area contributed by atoms with Crippen LogP contribution in [-0.4, -0.2) is 34.4 Å². The molecule has 2 aromatic carbocycles. The third-order valence-electron chi connectivity index (χ3n) is 5.98. The number of ether oxygens (including phenoxy) is 2. The van der Waals surface area contributed by atoms with E-state index in [0.29, 0.717) is 12.4 Å². The van der Waals surface area contributed by atoms with Crippen LogP contribution in [0.15, 0.2) is 54.2 Å². The lowest BCUT2D eigenvalue weighted by atomic mass is 9.82. The quantitative estimate of drug-likeness (QED) is 0.560. The number of nitrogens with zero attached hydrogens (tertiary/aromatic N) is 1. The van der Waals surface area contributed by atoms with Gasteiger partial charge in [0.05, 0.1) is 12.6 Å². The van der Waals surface area contributed by atoms with Crippen molar-refractivity contribution in [2.75, 3.05) is 6.61 Å². The first kappa shape index (κ1) is 21.0. The molecule has 0 aliphatic carbocycles. The van der Waals surface area contributed by atoms with Gasteiger partial charge in [-0.05, 0) is 48.6 Å². The fourth-order valence-electron chi connectivity index (χ4n) is 4.39. The zero-order chi connectivity index (χ0) is 22.0. The number of esters is 1. The minimum Gasteiger partial charge on any atom is -0.504 e. The highest BCUT2D eigenvalue weighted by Gasteiger charge is 2.39. The average Bonchev–Trinajstić information content (AvgIpc) is 2.78. The van der Waals surface area contributed by atoms with Crippen LogP contribution >= 0.6 is 0 Å². The second-order valence-corrected chi connectivity index (χ2v) is 7.91. The zero-order valence-corrected chi connectivity index (χ0v) is 17.8. The summed E-state index contributed by atoms with van der Waals surface area (Å²) >= 11 is 0. The second kappa shape index (κ2) is 8.84. The Kier molecular flexibility index (Phi) is 5.98. The molecular formula is C25H27NO5. The minimum absolute atomic E-state index is 0.0530. The van der Waals surface area contributed by atoms with Gasteiger partial charge in [-0.3, -0.25) is 4.79 Å². The number of aromatic hydroxyl groups is 1. The Hall–Kier alpha value is -3.28. The summed E-state index contributed by atoms with van der Waals surface area (Å²) in [7, 11) is 0. The predicted octanol–water partition coefficient (Wildman–Crippen LogP) is 4.07. The van der Waals surface area contributed by atoms with Gasteiger partial charge >= 0.3 is 5.97 Å². The molecule has 4 rings (SSSR count). The topological polar surface area (TPSA) is 76.1 Å². The maximum Gasteiger partial charge on any atom is 0.343 e. The molecule has 0 bridgehead atoms. The molecular weight excluding hydrogens is 394 g/mol. The molecule has 0 spiro atoms. The number of rotatable bonds is 6. The number of hydrogen-bond acceptors (Lipinski definition) is 6. The molecule has 0 amide bonds. The van der Waals surface area contributed by atoms with E-state index in [0.717, 1.165) is 29.5 Å². The molecule has 2 heterocycles. The Morgan fingerprint density at radius 1 is 1.16 bits per heavy atom. The van der Waals surface area contributed by atoms with E-state index in [9.17, 15) is 14.7 Å². The van der Waals surface area contributed by atoms with E-state index < -0.39 is 5.97 Å². The molecule has 2 aliphatic rings. The number of phenolic OH excluding ortho intramolecular Hbond substituents is 1. The molecule has 6 nitrogen and oxygen atoms in total. The summed E-state index contributed by atoms with van der Waals surface area (Å²) in [5.41, 5.74) is 3.09. The standard InChI is InChI=1S/C25H27NO5/c1-3-18-10-17-11-24(31-15-16-8-6-5-7-9-16)23(28)12-19(17)21-13-22(27)20(14-26(18)21)25(29)30-4-2/h5-9,11-12,14,18,21,28H,3-4,10,13,15H2,1-2H3. The maximum atomic E-state index is 12.7. The fourth-order valence-corrected chi connectivity index (χ4v) is 4.39. The highest BCUT2D eigenvalue weighted by molar-refractivity contribution is 6.17. The fraction of sp³-hybridized carbons (Fsp3) is 0.360. The lowest BCUT2D eigenvalue weighted by Crippen LogP contribution is -2.44. The normalized spacial score (nSPS) is 19.9. The Bertz CT molecular complexity index is 1010. The van der Waals surface area contributed by atoms with Crippen LogP contribution in [-0.2, 0) is 27.4 Å². The number of benzene rings is 2. The summed E-state index contributed by atoms with van der Waals surface area (Å²) in [6, 6.07) is 13.3. The number of ketones is 1. The molecule has 6 heteroatoms. The molecule has 2 aromatic rings. The SMILES string of the molecule is CCOC(=O)C1=CN2C(CC)Cc3cc(OCc4ccccc4)c(O)cc3C2CC1=O. The van der Waals surface area contributed by atoms with Crippen LogP contribution in [0.4, 0.5) is 0 Å². The summed E-state index contributed by atoms with van der Waals surface area (Å²) < 4.78 is 10.9. The molecule has 2 atom stereocenters. The van der Waals surface area contributed by atoms with E-state index in [-0.39, 0.29) is 42.2 Å². The molecule has 2 aliphatic heterocycles. The van der Waals surface area contributed by atoms with E-state index in [2.05, 4.69) is 11.8 Å². The number of Topliss-reactive ketones (excluding diaryl/α,β-unsaturated/α-hetero) is 1. The van der Waals surface area contributed by atoms with Gasteiger partial charge in [-0.2, -0.15) is 0 Å². The van der Waals surface area contributed by atoms with Crippen LogP contribution in [0, 0.1) is 0 Å². The first-order valence-corrected chi connectivity index (χ1v) is 10.7. The zero-order valence-electron chi connectivity index (χ0n) is 17.8. The molecule has 31 heavy (non-hydrogen) atoms.